The number of carbonyl (C=O) groups excluding carboxylic acids is 1. The molecule has 0 aliphatic carbocycles. The minimum atomic E-state index is 0.194. The molecule has 2 nitrogen and oxygen atoms in total. The van der Waals surface area contributed by atoms with Crippen LogP contribution in [0.25, 0.3) is 0 Å². The molecule has 0 atom stereocenters. The van der Waals surface area contributed by atoms with Crippen molar-refractivity contribution in [1.29, 1.82) is 0 Å². The van der Waals surface area contributed by atoms with Crippen molar-refractivity contribution in [2.75, 3.05) is 5.34 Å². The number of rotatable bonds is 3. The fraction of sp³-hybridized carbons (Fsp3) is 0.222. The third-order valence-electron chi connectivity index (χ3n) is 1.16. The average molecular weight is 221 g/mol. The van der Waals surface area contributed by atoms with E-state index in [0.29, 0.717) is 13.1 Å². The van der Waals surface area contributed by atoms with Crippen molar-refractivity contribution in [3.8, 4) is 0 Å². The van der Waals surface area contributed by atoms with Crippen molar-refractivity contribution in [3.05, 3.63) is 35.9 Å². The minimum absolute atomic E-state index is 0.194. The van der Waals surface area contributed by atoms with Gasteiger partial charge in [0, 0.05) is 0 Å². The molecule has 0 unspecified atom stereocenters. The standard InChI is InChI=1S/C8H8O2.CH2Cl2/c9-7-10-6-8-4-2-1-3-5-8;2-1-3/h1-5,7H,6H2;1H2. The van der Waals surface area contributed by atoms with Crippen molar-refractivity contribution in [2.45, 2.75) is 6.61 Å². The Balaban J connectivity index is 0.000000424. The molecule has 0 fully saturated rings. The van der Waals surface area contributed by atoms with E-state index in [9.17, 15) is 4.79 Å². The van der Waals surface area contributed by atoms with Crippen LogP contribution < -0.4 is 0 Å². The molecule has 0 aliphatic heterocycles. The van der Waals surface area contributed by atoms with Gasteiger partial charge in [0.05, 0.1) is 5.34 Å². The first-order valence-electron chi connectivity index (χ1n) is 3.56. The predicted octanol–water partition coefficient (Wildman–Crippen LogP) is 2.78. The fourth-order valence-corrected chi connectivity index (χ4v) is 0.704. The molecule has 0 radical (unpaired) electrons. The number of ether oxygens (including phenoxy) is 1. The monoisotopic (exact) mass is 220 g/mol. The van der Waals surface area contributed by atoms with Gasteiger partial charge in [-0.2, -0.15) is 0 Å². The molecular weight excluding hydrogens is 211 g/mol. The van der Waals surface area contributed by atoms with Gasteiger partial charge in [-0.05, 0) is 5.56 Å². The van der Waals surface area contributed by atoms with Gasteiger partial charge in [0.15, 0.2) is 0 Å². The summed E-state index contributed by atoms with van der Waals surface area (Å²) in [6.07, 6.45) is 0. The van der Waals surface area contributed by atoms with Gasteiger partial charge in [0.25, 0.3) is 6.47 Å². The second kappa shape index (κ2) is 9.36. The summed E-state index contributed by atoms with van der Waals surface area (Å²) in [5.74, 6) is 0. The number of hydrogen-bond acceptors (Lipinski definition) is 2. The van der Waals surface area contributed by atoms with Crippen LogP contribution >= 0.6 is 23.2 Å². The SMILES string of the molecule is ClCCl.O=COCc1ccccc1. The van der Waals surface area contributed by atoms with Gasteiger partial charge in [-0.15, -0.1) is 23.2 Å². The number of hydrogen-bond donors (Lipinski definition) is 0. The van der Waals surface area contributed by atoms with E-state index in [1.54, 1.807) is 0 Å². The van der Waals surface area contributed by atoms with Crippen molar-refractivity contribution in [3.63, 3.8) is 0 Å². The van der Waals surface area contributed by atoms with Gasteiger partial charge in [-0.3, -0.25) is 4.79 Å². The van der Waals surface area contributed by atoms with Crippen molar-refractivity contribution in [1.82, 2.24) is 0 Å². The first kappa shape index (κ1) is 12.3. The summed E-state index contributed by atoms with van der Waals surface area (Å²) in [7, 11) is 0. The highest BCUT2D eigenvalue weighted by molar-refractivity contribution is 6.40. The molecule has 1 aromatic carbocycles. The summed E-state index contributed by atoms with van der Waals surface area (Å²) in [5, 5.41) is 0.194. The molecule has 4 heteroatoms. The van der Waals surface area contributed by atoms with E-state index in [1.165, 1.54) is 0 Å². The zero-order valence-electron chi connectivity index (χ0n) is 6.95. The van der Waals surface area contributed by atoms with Crippen LogP contribution in [0.4, 0.5) is 0 Å². The van der Waals surface area contributed by atoms with Crippen molar-refractivity contribution < 1.29 is 9.53 Å². The molecule has 1 rings (SSSR count). The zero-order valence-corrected chi connectivity index (χ0v) is 8.46. The number of alkyl halides is 2. The van der Waals surface area contributed by atoms with E-state index in [4.69, 9.17) is 23.2 Å². The Morgan fingerprint density at radius 1 is 1.23 bits per heavy atom. The summed E-state index contributed by atoms with van der Waals surface area (Å²) in [4.78, 5) is 9.76. The summed E-state index contributed by atoms with van der Waals surface area (Å²) in [5.41, 5.74) is 1.01. The molecule has 0 aromatic heterocycles. The molecule has 0 N–H and O–H groups in total. The fourth-order valence-electron chi connectivity index (χ4n) is 0.704. The van der Waals surface area contributed by atoms with E-state index < -0.39 is 0 Å². The largest absolute Gasteiger partial charge is 0.463 e. The average Bonchev–Trinajstić information content (AvgIpc) is 2.18. The van der Waals surface area contributed by atoms with E-state index in [-0.39, 0.29) is 5.34 Å². The zero-order chi connectivity index (χ0) is 9.94. The smallest absolute Gasteiger partial charge is 0.293 e. The molecule has 0 bridgehead atoms. The molecule has 1 aromatic rings. The van der Waals surface area contributed by atoms with Gasteiger partial charge >= 0.3 is 0 Å². The van der Waals surface area contributed by atoms with E-state index in [1.807, 2.05) is 30.3 Å². The second-order valence-corrected chi connectivity index (χ2v) is 2.80. The highest BCUT2D eigenvalue weighted by Crippen LogP contribution is 1.98. The number of halogens is 2. The Hall–Kier alpha value is -0.730. The summed E-state index contributed by atoms with van der Waals surface area (Å²) < 4.78 is 4.54. The first-order valence-corrected chi connectivity index (χ1v) is 4.63. The Morgan fingerprint density at radius 2 is 1.77 bits per heavy atom. The normalized spacial score (nSPS) is 8.15. The summed E-state index contributed by atoms with van der Waals surface area (Å²) >= 11 is 9.53. The quantitative estimate of drug-likeness (QED) is 0.579. The van der Waals surface area contributed by atoms with Crippen LogP contribution in [0.3, 0.4) is 0 Å². The van der Waals surface area contributed by atoms with Gasteiger partial charge in [0.1, 0.15) is 6.61 Å². The molecular formula is C9H10Cl2O2. The molecule has 0 saturated carbocycles. The molecule has 13 heavy (non-hydrogen) atoms. The van der Waals surface area contributed by atoms with Crippen LogP contribution in [0.2, 0.25) is 0 Å². The van der Waals surface area contributed by atoms with Crippen molar-refractivity contribution >= 4 is 29.7 Å². The van der Waals surface area contributed by atoms with Crippen LogP contribution in [-0.2, 0) is 16.1 Å². The number of carbonyl (C=O) groups is 1. The minimum Gasteiger partial charge on any atom is -0.463 e. The van der Waals surface area contributed by atoms with E-state index >= 15 is 0 Å². The lowest BCUT2D eigenvalue weighted by molar-refractivity contribution is -0.129. The van der Waals surface area contributed by atoms with Crippen LogP contribution in [0, 0.1) is 0 Å². The van der Waals surface area contributed by atoms with Gasteiger partial charge in [-0.25, -0.2) is 0 Å². The lowest BCUT2D eigenvalue weighted by Gasteiger charge is -1.95. The Morgan fingerprint density at radius 3 is 2.23 bits per heavy atom. The van der Waals surface area contributed by atoms with E-state index in [2.05, 4.69) is 4.74 Å². The summed E-state index contributed by atoms with van der Waals surface area (Å²) in [6.45, 7) is 0.817. The molecule has 72 valence electrons. The maximum absolute atomic E-state index is 9.76. The highest BCUT2D eigenvalue weighted by Gasteiger charge is 1.87. The van der Waals surface area contributed by atoms with Gasteiger partial charge in [-0.1, -0.05) is 30.3 Å². The summed E-state index contributed by atoms with van der Waals surface area (Å²) in [6, 6.07) is 9.55. The van der Waals surface area contributed by atoms with Crippen LogP contribution in [-0.4, -0.2) is 11.8 Å². The number of benzene rings is 1. The Bertz CT molecular complexity index is 214. The molecule has 0 amide bonds. The second-order valence-electron chi connectivity index (χ2n) is 1.99. The Kier molecular flexibility index (Phi) is 8.83. The van der Waals surface area contributed by atoms with Gasteiger partial charge < -0.3 is 4.74 Å². The molecule has 0 aliphatic rings. The maximum Gasteiger partial charge on any atom is 0.293 e. The maximum atomic E-state index is 9.76. The highest BCUT2D eigenvalue weighted by atomic mass is 35.5. The first-order chi connectivity index (χ1) is 6.35. The third-order valence-corrected chi connectivity index (χ3v) is 1.16. The Labute approximate surface area is 87.4 Å². The molecule has 0 heterocycles. The van der Waals surface area contributed by atoms with Crippen molar-refractivity contribution in [2.24, 2.45) is 0 Å². The topological polar surface area (TPSA) is 26.3 Å². The predicted molar refractivity (Wildman–Crippen MR) is 53.9 cm³/mol. The molecule has 0 spiro atoms. The third kappa shape index (κ3) is 7.62. The van der Waals surface area contributed by atoms with Gasteiger partial charge in [0.2, 0.25) is 0 Å². The van der Waals surface area contributed by atoms with E-state index in [0.717, 1.165) is 5.56 Å². The molecule has 0 saturated heterocycles. The van der Waals surface area contributed by atoms with Crippen LogP contribution in [0.15, 0.2) is 30.3 Å². The lowest BCUT2D eigenvalue weighted by atomic mass is 10.2. The lowest BCUT2D eigenvalue weighted by Crippen LogP contribution is -1.88. The van der Waals surface area contributed by atoms with Crippen LogP contribution in [0.1, 0.15) is 5.56 Å². The van der Waals surface area contributed by atoms with Crippen LogP contribution in [0.5, 0.6) is 0 Å².